The average Bonchev–Trinajstić information content (AvgIpc) is 2.57. The first-order valence-corrected chi connectivity index (χ1v) is 8.51. The quantitative estimate of drug-likeness (QED) is 0.320. The van der Waals surface area contributed by atoms with Gasteiger partial charge >= 0.3 is 0 Å². The largest absolute Gasteiger partial charge is 0.492 e. The Bertz CT molecular complexity index is 564. The second-order valence-corrected chi connectivity index (χ2v) is 6.14. The number of carbonyl (C=O) groups excluding carboxylic acids is 1. The molecule has 0 aliphatic heterocycles. The lowest BCUT2D eigenvalue weighted by Gasteiger charge is -2.14. The number of ether oxygens (including phenoxy) is 1. The zero-order valence-corrected chi connectivity index (χ0v) is 18.7. The Morgan fingerprint density at radius 1 is 1.19 bits per heavy atom. The number of carbonyl (C=O) groups is 1. The normalized spacial score (nSPS) is 10.9. The van der Waals surface area contributed by atoms with Crippen molar-refractivity contribution in [2.24, 2.45) is 4.99 Å². The fourth-order valence-corrected chi connectivity index (χ4v) is 1.91. The Kier molecular flexibility index (Phi) is 12.8. The molecule has 0 saturated heterocycles. The summed E-state index contributed by atoms with van der Waals surface area (Å²) in [5, 5.41) is 6.18. The number of hydrogen-bond acceptors (Lipinski definition) is 4. The minimum Gasteiger partial charge on any atom is -0.492 e. The van der Waals surface area contributed by atoms with Crippen molar-refractivity contribution in [3.05, 3.63) is 29.8 Å². The van der Waals surface area contributed by atoms with Crippen LogP contribution >= 0.6 is 24.0 Å². The molecule has 8 heteroatoms. The molecule has 7 nitrogen and oxygen atoms in total. The fourth-order valence-electron chi connectivity index (χ4n) is 1.91. The summed E-state index contributed by atoms with van der Waals surface area (Å²) in [6.45, 7) is 4.97. The first-order valence-electron chi connectivity index (χ1n) is 8.51. The highest BCUT2D eigenvalue weighted by Gasteiger charge is 2.05. The van der Waals surface area contributed by atoms with Crippen molar-refractivity contribution in [2.75, 3.05) is 54.4 Å². The van der Waals surface area contributed by atoms with Gasteiger partial charge in [0.15, 0.2) is 5.96 Å². The predicted molar refractivity (Wildman–Crippen MR) is 117 cm³/mol. The first kappa shape index (κ1) is 24.5. The standard InChI is InChI=1S/C18H31N5O2.HI/c1-6-19-18(21-14-17(24)23(4)5)20-13-15-8-7-9-16(12-15)25-11-10-22(2)3;/h7-9,12H,6,10-11,13-14H2,1-5H3,(H2,19,20,21);1H. The summed E-state index contributed by atoms with van der Waals surface area (Å²) in [6, 6.07) is 7.92. The number of aliphatic imine (C=N–C) groups is 1. The fraction of sp³-hybridized carbons (Fsp3) is 0.556. The Hall–Kier alpha value is -1.55. The SMILES string of the molecule is CCNC(=NCc1cccc(OCCN(C)C)c1)NCC(=O)N(C)C.I. The molecule has 0 aliphatic rings. The van der Waals surface area contributed by atoms with Gasteiger partial charge in [0.25, 0.3) is 0 Å². The van der Waals surface area contributed by atoms with E-state index in [1.54, 1.807) is 19.0 Å². The van der Waals surface area contributed by atoms with Crippen LogP contribution < -0.4 is 15.4 Å². The number of nitrogens with one attached hydrogen (secondary N) is 2. The van der Waals surface area contributed by atoms with Crippen LogP contribution in [-0.4, -0.2) is 76.1 Å². The molecule has 0 spiro atoms. The van der Waals surface area contributed by atoms with Gasteiger partial charge in [0.05, 0.1) is 13.1 Å². The third-order valence-corrected chi connectivity index (χ3v) is 3.38. The van der Waals surface area contributed by atoms with Gasteiger partial charge in [0.1, 0.15) is 12.4 Å². The van der Waals surface area contributed by atoms with Gasteiger partial charge in [0, 0.05) is 27.2 Å². The third-order valence-electron chi connectivity index (χ3n) is 3.38. The lowest BCUT2D eigenvalue weighted by atomic mass is 10.2. The highest BCUT2D eigenvalue weighted by molar-refractivity contribution is 14.0. The van der Waals surface area contributed by atoms with Gasteiger partial charge in [-0.25, -0.2) is 4.99 Å². The molecule has 2 N–H and O–H groups in total. The molecule has 1 rings (SSSR count). The van der Waals surface area contributed by atoms with Crippen LogP contribution in [0.5, 0.6) is 5.75 Å². The number of hydrogen-bond donors (Lipinski definition) is 2. The number of amides is 1. The van der Waals surface area contributed by atoms with Gasteiger partial charge in [-0.1, -0.05) is 12.1 Å². The maximum absolute atomic E-state index is 11.7. The zero-order valence-electron chi connectivity index (χ0n) is 16.4. The molecule has 1 amide bonds. The van der Waals surface area contributed by atoms with E-state index in [9.17, 15) is 4.79 Å². The Balaban J connectivity index is 0.00000625. The van der Waals surface area contributed by atoms with E-state index in [0.717, 1.165) is 24.4 Å². The highest BCUT2D eigenvalue weighted by atomic mass is 127. The molecule has 0 radical (unpaired) electrons. The average molecular weight is 477 g/mol. The summed E-state index contributed by atoms with van der Waals surface area (Å²) in [5.41, 5.74) is 1.05. The van der Waals surface area contributed by atoms with Crippen LogP contribution in [0.15, 0.2) is 29.3 Å². The van der Waals surface area contributed by atoms with Gasteiger partial charge in [-0.2, -0.15) is 0 Å². The molecule has 148 valence electrons. The van der Waals surface area contributed by atoms with Crippen LogP contribution in [0, 0.1) is 0 Å². The monoisotopic (exact) mass is 477 g/mol. The van der Waals surface area contributed by atoms with E-state index in [1.807, 2.05) is 45.3 Å². The van der Waals surface area contributed by atoms with Crippen molar-refractivity contribution >= 4 is 35.8 Å². The van der Waals surface area contributed by atoms with Crippen molar-refractivity contribution in [1.29, 1.82) is 0 Å². The maximum atomic E-state index is 11.7. The molecule has 26 heavy (non-hydrogen) atoms. The summed E-state index contributed by atoms with van der Waals surface area (Å²) < 4.78 is 5.75. The Morgan fingerprint density at radius 3 is 2.54 bits per heavy atom. The smallest absolute Gasteiger partial charge is 0.241 e. The molecule has 0 saturated carbocycles. The molecule has 0 fully saturated rings. The second kappa shape index (κ2) is 13.6. The molecule has 0 aromatic heterocycles. The van der Waals surface area contributed by atoms with E-state index in [2.05, 4.69) is 20.5 Å². The summed E-state index contributed by atoms with van der Waals surface area (Å²) >= 11 is 0. The molecule has 0 aliphatic carbocycles. The molecule has 0 atom stereocenters. The second-order valence-electron chi connectivity index (χ2n) is 6.14. The van der Waals surface area contributed by atoms with E-state index in [-0.39, 0.29) is 36.4 Å². The van der Waals surface area contributed by atoms with Crippen molar-refractivity contribution in [2.45, 2.75) is 13.5 Å². The van der Waals surface area contributed by atoms with E-state index in [1.165, 1.54) is 0 Å². The molecule has 1 aromatic carbocycles. The zero-order chi connectivity index (χ0) is 18.7. The highest BCUT2D eigenvalue weighted by Crippen LogP contribution is 2.14. The number of rotatable bonds is 9. The van der Waals surface area contributed by atoms with Gasteiger partial charge < -0.3 is 25.2 Å². The number of benzene rings is 1. The molecular formula is C18H32IN5O2. The Morgan fingerprint density at radius 2 is 1.92 bits per heavy atom. The lowest BCUT2D eigenvalue weighted by molar-refractivity contribution is -0.127. The summed E-state index contributed by atoms with van der Waals surface area (Å²) in [5.74, 6) is 1.47. The lowest BCUT2D eigenvalue weighted by Crippen LogP contribution is -2.42. The van der Waals surface area contributed by atoms with Crippen molar-refractivity contribution in [3.63, 3.8) is 0 Å². The van der Waals surface area contributed by atoms with Crippen LogP contribution in [0.25, 0.3) is 0 Å². The topological polar surface area (TPSA) is 69.2 Å². The van der Waals surface area contributed by atoms with Gasteiger partial charge in [0.2, 0.25) is 5.91 Å². The minimum atomic E-state index is 0. The van der Waals surface area contributed by atoms with Gasteiger partial charge in [-0.15, -0.1) is 24.0 Å². The van der Waals surface area contributed by atoms with Crippen molar-refractivity contribution < 1.29 is 9.53 Å². The number of nitrogens with zero attached hydrogens (tertiary/aromatic N) is 3. The van der Waals surface area contributed by atoms with Gasteiger partial charge in [-0.3, -0.25) is 4.79 Å². The van der Waals surface area contributed by atoms with E-state index < -0.39 is 0 Å². The maximum Gasteiger partial charge on any atom is 0.241 e. The van der Waals surface area contributed by atoms with Gasteiger partial charge in [-0.05, 0) is 38.7 Å². The Labute approximate surface area is 174 Å². The van der Waals surface area contributed by atoms with Crippen LogP contribution in [0.1, 0.15) is 12.5 Å². The summed E-state index contributed by atoms with van der Waals surface area (Å²) in [7, 11) is 7.50. The molecule has 1 aromatic rings. The van der Waals surface area contributed by atoms with Crippen molar-refractivity contribution in [1.82, 2.24) is 20.4 Å². The van der Waals surface area contributed by atoms with Crippen LogP contribution in [0.2, 0.25) is 0 Å². The van der Waals surface area contributed by atoms with Crippen molar-refractivity contribution in [3.8, 4) is 5.75 Å². The van der Waals surface area contributed by atoms with E-state index >= 15 is 0 Å². The van der Waals surface area contributed by atoms with E-state index in [0.29, 0.717) is 19.1 Å². The number of halogens is 1. The third kappa shape index (κ3) is 10.4. The molecule has 0 unspecified atom stereocenters. The molecule has 0 bridgehead atoms. The molecular weight excluding hydrogens is 445 g/mol. The minimum absolute atomic E-state index is 0. The summed E-state index contributed by atoms with van der Waals surface area (Å²) in [6.07, 6.45) is 0. The number of guanidine groups is 1. The van der Waals surface area contributed by atoms with Crippen LogP contribution in [-0.2, 0) is 11.3 Å². The predicted octanol–water partition coefficient (Wildman–Crippen LogP) is 1.39. The summed E-state index contributed by atoms with van der Waals surface area (Å²) in [4.78, 5) is 19.8. The number of likely N-dealkylation sites (N-methyl/N-ethyl adjacent to an activating group) is 2. The van der Waals surface area contributed by atoms with E-state index in [4.69, 9.17) is 4.74 Å². The van der Waals surface area contributed by atoms with Crippen LogP contribution in [0.4, 0.5) is 0 Å². The first-order chi connectivity index (χ1) is 11.9. The molecule has 0 heterocycles. The van der Waals surface area contributed by atoms with Crippen LogP contribution in [0.3, 0.4) is 0 Å².